The SMILES string of the molecule is Cc1ccc(Cl)c2sc(N(CCCN3CCOCC3)C(=O)c3ccc(C(=O)c4ccccc4)cc3)nc12.Cl. The molecule has 1 fully saturated rings. The number of thiazole rings is 1. The molecule has 2 heterocycles. The van der Waals surface area contributed by atoms with Crippen LogP contribution < -0.4 is 4.90 Å². The van der Waals surface area contributed by atoms with Crippen LogP contribution in [-0.2, 0) is 4.74 Å². The summed E-state index contributed by atoms with van der Waals surface area (Å²) < 4.78 is 6.33. The maximum Gasteiger partial charge on any atom is 0.260 e. The van der Waals surface area contributed by atoms with E-state index < -0.39 is 0 Å². The Kier molecular flexibility index (Phi) is 9.52. The van der Waals surface area contributed by atoms with Gasteiger partial charge in [0.25, 0.3) is 5.91 Å². The number of aromatic nitrogens is 1. The smallest absolute Gasteiger partial charge is 0.260 e. The van der Waals surface area contributed by atoms with E-state index >= 15 is 0 Å². The predicted octanol–water partition coefficient (Wildman–Crippen LogP) is 6.28. The van der Waals surface area contributed by atoms with E-state index in [2.05, 4.69) is 4.90 Å². The van der Waals surface area contributed by atoms with Crippen LogP contribution in [0.4, 0.5) is 5.13 Å². The van der Waals surface area contributed by atoms with Gasteiger partial charge in [-0.05, 0) is 37.1 Å². The summed E-state index contributed by atoms with van der Waals surface area (Å²) in [5, 5.41) is 1.26. The van der Waals surface area contributed by atoms with Gasteiger partial charge in [0.1, 0.15) is 0 Å². The van der Waals surface area contributed by atoms with E-state index in [1.165, 1.54) is 11.3 Å². The van der Waals surface area contributed by atoms with Crippen LogP contribution >= 0.6 is 35.3 Å². The highest BCUT2D eigenvalue weighted by Gasteiger charge is 2.23. The summed E-state index contributed by atoms with van der Waals surface area (Å²) in [6.07, 6.45) is 0.805. The average Bonchev–Trinajstić information content (AvgIpc) is 3.40. The maximum absolute atomic E-state index is 13.8. The quantitative estimate of drug-likeness (QED) is 0.234. The van der Waals surface area contributed by atoms with Gasteiger partial charge in [0, 0.05) is 42.9 Å². The number of nitrogens with zero attached hydrogens (tertiary/aromatic N) is 3. The number of ketones is 1. The topological polar surface area (TPSA) is 62.7 Å². The number of hydrogen-bond acceptors (Lipinski definition) is 6. The lowest BCUT2D eigenvalue weighted by molar-refractivity contribution is 0.0376. The van der Waals surface area contributed by atoms with Crippen LogP contribution in [0.3, 0.4) is 0 Å². The van der Waals surface area contributed by atoms with Crippen molar-refractivity contribution < 1.29 is 14.3 Å². The highest BCUT2D eigenvalue weighted by atomic mass is 35.5. The van der Waals surface area contributed by atoms with E-state index in [1.807, 2.05) is 37.3 Å². The van der Waals surface area contributed by atoms with Gasteiger partial charge in [-0.15, -0.1) is 12.4 Å². The van der Waals surface area contributed by atoms with Crippen molar-refractivity contribution in [2.24, 2.45) is 0 Å². The number of rotatable bonds is 8. The lowest BCUT2D eigenvalue weighted by Crippen LogP contribution is -2.39. The molecule has 3 aromatic carbocycles. The summed E-state index contributed by atoms with van der Waals surface area (Å²) in [6, 6.07) is 19.8. The second-order valence-electron chi connectivity index (χ2n) is 9.08. The highest BCUT2D eigenvalue weighted by Crippen LogP contribution is 2.36. The van der Waals surface area contributed by atoms with Gasteiger partial charge in [-0.25, -0.2) is 4.98 Å². The molecule has 1 aliphatic heterocycles. The van der Waals surface area contributed by atoms with Gasteiger partial charge in [-0.2, -0.15) is 0 Å². The number of carbonyl (C=O) groups is 2. The molecule has 0 saturated carbocycles. The number of fused-ring (bicyclic) bond motifs is 1. The fraction of sp³-hybridized carbons (Fsp3) is 0.276. The zero-order valence-corrected chi connectivity index (χ0v) is 23.5. The molecule has 38 heavy (non-hydrogen) atoms. The Morgan fingerprint density at radius 2 is 1.63 bits per heavy atom. The first-order chi connectivity index (χ1) is 18.0. The van der Waals surface area contributed by atoms with Gasteiger partial charge >= 0.3 is 0 Å². The Hall–Kier alpha value is -2.81. The van der Waals surface area contributed by atoms with Crippen molar-refractivity contribution in [2.45, 2.75) is 13.3 Å². The summed E-state index contributed by atoms with van der Waals surface area (Å²) in [5.41, 5.74) is 3.52. The summed E-state index contributed by atoms with van der Waals surface area (Å²) in [6.45, 7) is 6.69. The minimum absolute atomic E-state index is 0. The zero-order chi connectivity index (χ0) is 25.8. The second kappa shape index (κ2) is 12.8. The molecular formula is C29H29Cl2N3O3S. The third-order valence-electron chi connectivity index (χ3n) is 6.55. The molecule has 0 aliphatic carbocycles. The minimum atomic E-state index is -0.145. The lowest BCUT2D eigenvalue weighted by Gasteiger charge is -2.27. The molecule has 1 aromatic heterocycles. The van der Waals surface area contributed by atoms with Gasteiger partial charge in [-0.3, -0.25) is 19.4 Å². The summed E-state index contributed by atoms with van der Waals surface area (Å²) >= 11 is 7.90. The molecule has 6 nitrogen and oxygen atoms in total. The van der Waals surface area contributed by atoms with Crippen molar-refractivity contribution in [3.63, 3.8) is 0 Å². The third-order valence-corrected chi connectivity index (χ3v) is 8.09. The van der Waals surface area contributed by atoms with Crippen LogP contribution in [0.5, 0.6) is 0 Å². The van der Waals surface area contributed by atoms with E-state index in [0.29, 0.717) is 33.4 Å². The monoisotopic (exact) mass is 569 g/mol. The van der Waals surface area contributed by atoms with E-state index in [4.69, 9.17) is 21.3 Å². The van der Waals surface area contributed by atoms with E-state index in [0.717, 1.165) is 55.0 Å². The number of carbonyl (C=O) groups excluding carboxylic acids is 2. The molecule has 1 amide bonds. The molecule has 198 valence electrons. The molecule has 4 aromatic rings. The molecular weight excluding hydrogens is 541 g/mol. The van der Waals surface area contributed by atoms with Crippen molar-refractivity contribution in [1.82, 2.24) is 9.88 Å². The van der Waals surface area contributed by atoms with Crippen molar-refractivity contribution in [3.8, 4) is 0 Å². The Morgan fingerprint density at radius 1 is 0.974 bits per heavy atom. The van der Waals surface area contributed by atoms with Crippen molar-refractivity contribution in [3.05, 3.63) is 94.0 Å². The molecule has 9 heteroatoms. The van der Waals surface area contributed by atoms with E-state index in [9.17, 15) is 9.59 Å². The van der Waals surface area contributed by atoms with Crippen molar-refractivity contribution >= 4 is 62.4 Å². The largest absolute Gasteiger partial charge is 0.379 e. The van der Waals surface area contributed by atoms with Crippen LogP contribution in [0, 0.1) is 6.92 Å². The number of benzene rings is 3. The number of anilines is 1. The molecule has 0 N–H and O–H groups in total. The summed E-state index contributed by atoms with van der Waals surface area (Å²) in [4.78, 5) is 35.5. The van der Waals surface area contributed by atoms with Crippen molar-refractivity contribution in [2.75, 3.05) is 44.3 Å². The molecule has 0 atom stereocenters. The minimum Gasteiger partial charge on any atom is -0.379 e. The number of morpholine rings is 1. The van der Waals surface area contributed by atoms with Gasteiger partial charge in [0.2, 0.25) is 0 Å². The molecule has 1 aliphatic rings. The molecule has 5 rings (SSSR count). The molecule has 0 bridgehead atoms. The average molecular weight is 571 g/mol. The third kappa shape index (κ3) is 6.25. The fourth-order valence-corrected chi connectivity index (χ4v) is 5.78. The van der Waals surface area contributed by atoms with Crippen LogP contribution in [-0.4, -0.2) is 61.0 Å². The number of aryl methyl sites for hydroxylation is 1. The normalized spacial score (nSPS) is 13.7. The first-order valence-electron chi connectivity index (χ1n) is 12.4. The van der Waals surface area contributed by atoms with E-state index in [1.54, 1.807) is 41.3 Å². The summed E-state index contributed by atoms with van der Waals surface area (Å²) in [7, 11) is 0. The van der Waals surface area contributed by atoms with Gasteiger partial charge < -0.3 is 4.74 Å². The van der Waals surface area contributed by atoms with Crippen LogP contribution in [0.25, 0.3) is 10.2 Å². The Balaban J connectivity index is 0.00000336. The number of hydrogen-bond donors (Lipinski definition) is 0. The standard InChI is InChI=1S/C29H28ClN3O3S.ClH/c1-20-8-13-24(30)27-25(20)31-29(37-27)33(15-5-14-32-16-18-36-19-17-32)28(35)23-11-9-22(10-12-23)26(34)21-6-3-2-4-7-21;/h2-4,6-13H,5,14-19H2,1H3;1H. The van der Waals surface area contributed by atoms with Crippen LogP contribution in [0.1, 0.15) is 38.3 Å². The van der Waals surface area contributed by atoms with Crippen LogP contribution in [0.15, 0.2) is 66.7 Å². The predicted molar refractivity (Wildman–Crippen MR) is 156 cm³/mol. The Morgan fingerprint density at radius 3 is 2.32 bits per heavy atom. The van der Waals surface area contributed by atoms with E-state index in [-0.39, 0.29) is 24.1 Å². The van der Waals surface area contributed by atoms with Gasteiger partial charge in [-0.1, -0.05) is 71.5 Å². The number of amides is 1. The molecule has 0 spiro atoms. The molecule has 1 saturated heterocycles. The van der Waals surface area contributed by atoms with Crippen molar-refractivity contribution in [1.29, 1.82) is 0 Å². The first-order valence-corrected chi connectivity index (χ1v) is 13.6. The summed E-state index contributed by atoms with van der Waals surface area (Å²) in [5.74, 6) is -0.216. The molecule has 0 radical (unpaired) electrons. The van der Waals surface area contributed by atoms with Crippen LogP contribution in [0.2, 0.25) is 5.02 Å². The first kappa shape index (κ1) is 28.2. The lowest BCUT2D eigenvalue weighted by atomic mass is 10.0. The number of halogens is 2. The maximum atomic E-state index is 13.8. The highest BCUT2D eigenvalue weighted by molar-refractivity contribution is 7.23. The van der Waals surface area contributed by atoms with Gasteiger partial charge in [0.15, 0.2) is 10.9 Å². The Labute approximate surface area is 237 Å². The Bertz CT molecular complexity index is 1370. The molecule has 0 unspecified atom stereocenters. The fourth-order valence-electron chi connectivity index (χ4n) is 4.44. The second-order valence-corrected chi connectivity index (χ2v) is 10.5. The number of ether oxygens (including phenoxy) is 1. The zero-order valence-electron chi connectivity index (χ0n) is 21.1. The van der Waals surface area contributed by atoms with Gasteiger partial charge in [0.05, 0.1) is 28.5 Å².